The minimum absolute atomic E-state index is 0.0640. The number of benzene rings is 2. The third-order valence-electron chi connectivity index (χ3n) is 3.61. The number of hydrogen-bond acceptors (Lipinski definition) is 4. The number of ether oxygens (including phenoxy) is 2. The fraction of sp³-hybridized carbons (Fsp3) is 0.350. The molecule has 0 aliphatic rings. The van der Waals surface area contributed by atoms with Gasteiger partial charge in [-0.2, -0.15) is 0 Å². The molecule has 0 spiro atoms. The first-order valence-electron chi connectivity index (χ1n) is 8.34. The first kappa shape index (κ1) is 19.2. The van der Waals surface area contributed by atoms with E-state index in [9.17, 15) is 4.79 Å². The fourth-order valence-electron chi connectivity index (χ4n) is 2.28. The summed E-state index contributed by atoms with van der Waals surface area (Å²) in [5, 5.41) is 2.94. The molecule has 0 atom stereocenters. The van der Waals surface area contributed by atoms with Crippen LogP contribution < -0.4 is 14.8 Å². The van der Waals surface area contributed by atoms with Gasteiger partial charge in [0.05, 0.1) is 19.5 Å². The lowest BCUT2D eigenvalue weighted by molar-refractivity contribution is -0.118. The molecular weight excluding hydrogens is 334 g/mol. The zero-order chi connectivity index (χ0) is 17.9. The van der Waals surface area contributed by atoms with Crippen LogP contribution in [0.1, 0.15) is 11.1 Å². The van der Waals surface area contributed by atoms with Gasteiger partial charge in [-0.15, -0.1) is 11.8 Å². The van der Waals surface area contributed by atoms with E-state index in [1.165, 1.54) is 11.1 Å². The molecule has 2 aromatic rings. The van der Waals surface area contributed by atoms with Gasteiger partial charge >= 0.3 is 0 Å². The lowest BCUT2D eigenvalue weighted by Crippen LogP contribution is -2.27. The Morgan fingerprint density at radius 3 is 2.64 bits per heavy atom. The predicted octanol–water partition coefficient (Wildman–Crippen LogP) is 3.47. The summed E-state index contributed by atoms with van der Waals surface area (Å²) in [6.07, 6.45) is 0.816. The third kappa shape index (κ3) is 7.52. The summed E-state index contributed by atoms with van der Waals surface area (Å²) >= 11 is 1.58. The number of aryl methyl sites for hydroxylation is 1. The first-order chi connectivity index (χ1) is 12.2. The number of methoxy groups -OCH3 is 1. The first-order valence-corrected chi connectivity index (χ1v) is 9.49. The molecule has 5 heteroatoms. The molecule has 0 aromatic heterocycles. The van der Waals surface area contributed by atoms with E-state index in [2.05, 4.69) is 5.32 Å². The number of amides is 1. The number of thioether (sulfide) groups is 1. The highest BCUT2D eigenvalue weighted by atomic mass is 32.2. The quantitative estimate of drug-likeness (QED) is 0.660. The minimum atomic E-state index is 0.0640. The molecule has 1 amide bonds. The molecular formula is C20H25NO3S. The van der Waals surface area contributed by atoms with Gasteiger partial charge in [0, 0.05) is 12.3 Å². The van der Waals surface area contributed by atoms with Crippen LogP contribution in [0.3, 0.4) is 0 Å². The highest BCUT2D eigenvalue weighted by Gasteiger charge is 2.02. The molecule has 0 aliphatic carbocycles. The van der Waals surface area contributed by atoms with E-state index in [4.69, 9.17) is 9.47 Å². The molecule has 0 unspecified atom stereocenters. The Labute approximate surface area is 153 Å². The molecule has 0 heterocycles. The van der Waals surface area contributed by atoms with Crippen LogP contribution in [0.15, 0.2) is 48.5 Å². The number of hydrogen-bond donors (Lipinski definition) is 1. The molecule has 0 saturated heterocycles. The van der Waals surface area contributed by atoms with Gasteiger partial charge in [0.25, 0.3) is 0 Å². The van der Waals surface area contributed by atoms with Crippen LogP contribution in [-0.4, -0.2) is 37.7 Å². The lowest BCUT2D eigenvalue weighted by atomic mass is 10.1. The van der Waals surface area contributed by atoms with Gasteiger partial charge in [-0.05, 0) is 48.7 Å². The largest absolute Gasteiger partial charge is 0.497 e. The number of carbonyl (C=O) groups is 1. The van der Waals surface area contributed by atoms with E-state index >= 15 is 0 Å². The van der Waals surface area contributed by atoms with Crippen molar-refractivity contribution in [3.8, 4) is 11.5 Å². The predicted molar refractivity (Wildman–Crippen MR) is 104 cm³/mol. The van der Waals surface area contributed by atoms with Gasteiger partial charge in [0.2, 0.25) is 5.91 Å². The Kier molecular flexibility index (Phi) is 8.19. The molecule has 0 bridgehead atoms. The van der Waals surface area contributed by atoms with Crippen molar-refractivity contribution in [1.29, 1.82) is 0 Å². The molecule has 1 N–H and O–H groups in total. The number of rotatable bonds is 10. The summed E-state index contributed by atoms with van der Waals surface area (Å²) in [5.74, 6) is 3.04. The topological polar surface area (TPSA) is 47.6 Å². The van der Waals surface area contributed by atoms with Crippen LogP contribution in [0.5, 0.6) is 11.5 Å². The van der Waals surface area contributed by atoms with Crippen LogP contribution in [0.4, 0.5) is 0 Å². The van der Waals surface area contributed by atoms with Gasteiger partial charge in [0.1, 0.15) is 11.5 Å². The van der Waals surface area contributed by atoms with Crippen LogP contribution >= 0.6 is 11.8 Å². The van der Waals surface area contributed by atoms with Crippen molar-refractivity contribution >= 4 is 17.7 Å². The van der Waals surface area contributed by atoms with Gasteiger partial charge in [-0.25, -0.2) is 0 Å². The lowest BCUT2D eigenvalue weighted by Gasteiger charge is -2.08. The highest BCUT2D eigenvalue weighted by molar-refractivity contribution is 7.99. The highest BCUT2D eigenvalue weighted by Crippen LogP contribution is 2.13. The second-order valence-electron chi connectivity index (χ2n) is 5.67. The van der Waals surface area contributed by atoms with Gasteiger partial charge < -0.3 is 14.8 Å². The molecule has 134 valence electrons. The molecule has 2 rings (SSSR count). The molecule has 25 heavy (non-hydrogen) atoms. The normalized spacial score (nSPS) is 10.3. The molecule has 0 saturated carbocycles. The second kappa shape index (κ2) is 10.7. The van der Waals surface area contributed by atoms with Crippen LogP contribution in [-0.2, 0) is 11.2 Å². The van der Waals surface area contributed by atoms with E-state index in [0.717, 1.165) is 23.7 Å². The van der Waals surface area contributed by atoms with Crippen molar-refractivity contribution in [1.82, 2.24) is 5.32 Å². The van der Waals surface area contributed by atoms with Crippen molar-refractivity contribution in [3.63, 3.8) is 0 Å². The monoisotopic (exact) mass is 359 g/mol. The van der Waals surface area contributed by atoms with Crippen LogP contribution in [0.25, 0.3) is 0 Å². The van der Waals surface area contributed by atoms with Gasteiger partial charge in [-0.1, -0.05) is 24.3 Å². The van der Waals surface area contributed by atoms with E-state index in [1.807, 2.05) is 55.5 Å². The van der Waals surface area contributed by atoms with Gasteiger partial charge in [0.15, 0.2) is 0 Å². The Hall–Kier alpha value is -2.14. The Bertz CT molecular complexity index is 658. The van der Waals surface area contributed by atoms with Crippen molar-refractivity contribution in [2.24, 2.45) is 0 Å². The Balaban J connectivity index is 1.53. The smallest absolute Gasteiger partial charge is 0.230 e. The number of nitrogens with one attached hydrogen (secondary N) is 1. The Morgan fingerprint density at radius 2 is 1.92 bits per heavy atom. The zero-order valence-corrected chi connectivity index (χ0v) is 15.6. The zero-order valence-electron chi connectivity index (χ0n) is 14.8. The van der Waals surface area contributed by atoms with Gasteiger partial charge in [-0.3, -0.25) is 4.79 Å². The van der Waals surface area contributed by atoms with E-state index < -0.39 is 0 Å². The summed E-state index contributed by atoms with van der Waals surface area (Å²) < 4.78 is 10.8. The maximum Gasteiger partial charge on any atom is 0.230 e. The molecule has 0 aliphatic heterocycles. The average molecular weight is 359 g/mol. The van der Waals surface area contributed by atoms with Crippen molar-refractivity contribution in [2.45, 2.75) is 13.3 Å². The summed E-state index contributed by atoms with van der Waals surface area (Å²) in [4.78, 5) is 11.8. The van der Waals surface area contributed by atoms with Crippen LogP contribution in [0.2, 0.25) is 0 Å². The fourth-order valence-corrected chi connectivity index (χ4v) is 2.91. The van der Waals surface area contributed by atoms with E-state index in [0.29, 0.717) is 18.9 Å². The van der Waals surface area contributed by atoms with Crippen molar-refractivity contribution < 1.29 is 14.3 Å². The minimum Gasteiger partial charge on any atom is -0.497 e. The van der Waals surface area contributed by atoms with Crippen molar-refractivity contribution in [2.75, 3.05) is 31.8 Å². The van der Waals surface area contributed by atoms with E-state index in [-0.39, 0.29) is 5.91 Å². The SMILES string of the molecule is COc1ccc(CCNC(=O)CSCCOc2cccc(C)c2)cc1. The summed E-state index contributed by atoms with van der Waals surface area (Å²) in [5.41, 5.74) is 2.36. The van der Waals surface area contributed by atoms with Crippen molar-refractivity contribution in [3.05, 3.63) is 59.7 Å². The number of carbonyl (C=O) groups excluding carboxylic acids is 1. The third-order valence-corrected chi connectivity index (χ3v) is 4.54. The van der Waals surface area contributed by atoms with Crippen LogP contribution in [0, 0.1) is 6.92 Å². The molecule has 0 fully saturated rings. The van der Waals surface area contributed by atoms with E-state index in [1.54, 1.807) is 18.9 Å². The summed E-state index contributed by atoms with van der Waals surface area (Å²) in [6.45, 7) is 3.29. The summed E-state index contributed by atoms with van der Waals surface area (Å²) in [6, 6.07) is 15.9. The maximum absolute atomic E-state index is 11.8. The summed E-state index contributed by atoms with van der Waals surface area (Å²) in [7, 11) is 1.65. The molecule has 0 radical (unpaired) electrons. The molecule has 2 aromatic carbocycles. The molecule has 4 nitrogen and oxygen atoms in total. The second-order valence-corrected chi connectivity index (χ2v) is 6.77. The Morgan fingerprint density at radius 1 is 1.12 bits per heavy atom. The maximum atomic E-state index is 11.8. The standard InChI is InChI=1S/C20H25NO3S/c1-16-4-3-5-19(14-16)24-12-13-25-15-20(22)21-11-10-17-6-8-18(23-2)9-7-17/h3-9,14H,10-13,15H2,1-2H3,(H,21,22). The average Bonchev–Trinajstić information content (AvgIpc) is 2.62.